The summed E-state index contributed by atoms with van der Waals surface area (Å²) in [6, 6.07) is 12.2. The van der Waals surface area contributed by atoms with Gasteiger partial charge in [-0.25, -0.2) is 4.98 Å². The van der Waals surface area contributed by atoms with Crippen molar-refractivity contribution in [1.29, 1.82) is 0 Å². The fourth-order valence-electron chi connectivity index (χ4n) is 4.18. The summed E-state index contributed by atoms with van der Waals surface area (Å²) in [6.07, 6.45) is 0.683. The van der Waals surface area contributed by atoms with Crippen molar-refractivity contribution in [2.45, 2.75) is 18.9 Å². The van der Waals surface area contributed by atoms with Gasteiger partial charge >= 0.3 is 0 Å². The Labute approximate surface area is 184 Å². The minimum Gasteiger partial charge on any atom is -0.486 e. The highest BCUT2D eigenvalue weighted by Crippen LogP contribution is 2.37. The van der Waals surface area contributed by atoms with E-state index in [1.807, 2.05) is 28.8 Å². The average molecular weight is 436 g/mol. The molecule has 0 bridgehead atoms. The molecule has 166 valence electrons. The molecule has 5 rings (SSSR count). The number of fused-ring (bicyclic) bond motifs is 4. The van der Waals surface area contributed by atoms with Crippen LogP contribution >= 0.6 is 0 Å². The van der Waals surface area contributed by atoms with Crippen LogP contribution in [-0.4, -0.2) is 54.8 Å². The average Bonchev–Trinajstić information content (AvgIpc) is 3.29. The monoisotopic (exact) mass is 436 g/mol. The van der Waals surface area contributed by atoms with Crippen LogP contribution in [0.25, 0.3) is 11.0 Å². The Hall–Kier alpha value is -3.59. The lowest BCUT2D eigenvalue weighted by molar-refractivity contribution is -0.124. The second kappa shape index (κ2) is 8.51. The number of carbonyl (C=O) groups is 2. The number of methoxy groups -OCH3 is 1. The van der Waals surface area contributed by atoms with E-state index in [1.165, 1.54) is 0 Å². The smallest absolute Gasteiger partial charge is 0.253 e. The maximum absolute atomic E-state index is 13.2. The highest BCUT2D eigenvalue weighted by Gasteiger charge is 2.40. The van der Waals surface area contributed by atoms with Gasteiger partial charge in [0.05, 0.1) is 17.5 Å². The van der Waals surface area contributed by atoms with Crippen LogP contribution in [0.2, 0.25) is 0 Å². The van der Waals surface area contributed by atoms with E-state index in [2.05, 4.69) is 10.3 Å². The summed E-state index contributed by atoms with van der Waals surface area (Å²) in [5.41, 5.74) is 2.23. The van der Waals surface area contributed by atoms with Gasteiger partial charge in [-0.2, -0.15) is 0 Å². The number of benzene rings is 2. The number of nitrogens with one attached hydrogen (secondary N) is 1. The minimum atomic E-state index is -0.655. The first kappa shape index (κ1) is 20.3. The van der Waals surface area contributed by atoms with Gasteiger partial charge in [0.25, 0.3) is 5.91 Å². The molecule has 0 fully saturated rings. The highest BCUT2D eigenvalue weighted by molar-refractivity contribution is 6.05. The second-order valence-corrected chi connectivity index (χ2v) is 7.73. The SMILES string of the molecule is COCCCN1C(=O)C(CC(=O)Nc2ccc3c(c2)OCCO3)n2c1nc1ccccc12. The standard InChI is InChI=1S/C23H24N4O5/c1-30-10-4-9-26-22(29)18(27-17-6-3-2-5-16(17)25-23(26)27)14-21(28)24-15-7-8-19-20(13-15)32-12-11-31-19/h2-3,5-8,13,18H,4,9-12,14H2,1H3,(H,24,28). The number of nitrogens with zero attached hydrogens (tertiary/aromatic N) is 3. The van der Waals surface area contributed by atoms with E-state index in [-0.39, 0.29) is 18.2 Å². The Bertz CT molecular complexity index is 1170. The third-order valence-corrected chi connectivity index (χ3v) is 5.62. The number of hydrogen-bond acceptors (Lipinski definition) is 6. The molecule has 0 aliphatic carbocycles. The molecule has 0 saturated carbocycles. The van der Waals surface area contributed by atoms with Crippen LogP contribution < -0.4 is 19.7 Å². The number of amides is 2. The number of ether oxygens (including phenoxy) is 3. The number of carbonyl (C=O) groups excluding carboxylic acids is 2. The lowest BCUT2D eigenvalue weighted by Crippen LogP contribution is -2.32. The first-order valence-corrected chi connectivity index (χ1v) is 10.6. The van der Waals surface area contributed by atoms with E-state index in [9.17, 15) is 9.59 Å². The molecular weight excluding hydrogens is 412 g/mol. The normalized spacial score (nSPS) is 17.0. The van der Waals surface area contributed by atoms with E-state index in [0.717, 1.165) is 11.0 Å². The third kappa shape index (κ3) is 3.64. The van der Waals surface area contributed by atoms with Crippen molar-refractivity contribution in [3.05, 3.63) is 42.5 Å². The lowest BCUT2D eigenvalue weighted by Gasteiger charge is -2.19. The number of imidazole rings is 1. The summed E-state index contributed by atoms with van der Waals surface area (Å²) < 4.78 is 18.1. The fraction of sp³-hybridized carbons (Fsp3) is 0.348. The quantitative estimate of drug-likeness (QED) is 0.573. The van der Waals surface area contributed by atoms with Gasteiger partial charge in [-0.1, -0.05) is 12.1 Å². The van der Waals surface area contributed by atoms with Crippen LogP contribution in [0.15, 0.2) is 42.5 Å². The van der Waals surface area contributed by atoms with E-state index in [1.54, 1.807) is 30.2 Å². The molecule has 32 heavy (non-hydrogen) atoms. The van der Waals surface area contributed by atoms with Gasteiger partial charge in [0, 0.05) is 32.0 Å². The van der Waals surface area contributed by atoms with Crippen molar-refractivity contribution in [2.24, 2.45) is 0 Å². The van der Waals surface area contributed by atoms with Gasteiger partial charge in [0.1, 0.15) is 19.3 Å². The van der Waals surface area contributed by atoms with Gasteiger partial charge in [-0.05, 0) is 30.7 Å². The summed E-state index contributed by atoms with van der Waals surface area (Å²) in [5, 5.41) is 2.88. The Balaban J connectivity index is 1.38. The molecule has 2 amide bonds. The number of rotatable bonds is 7. The maximum atomic E-state index is 13.2. The first-order chi connectivity index (χ1) is 15.7. The van der Waals surface area contributed by atoms with Crippen LogP contribution in [0.1, 0.15) is 18.9 Å². The van der Waals surface area contributed by atoms with Crippen molar-refractivity contribution in [3.63, 3.8) is 0 Å². The zero-order chi connectivity index (χ0) is 22.1. The molecule has 1 atom stereocenters. The topological polar surface area (TPSA) is 94.9 Å². The van der Waals surface area contributed by atoms with Gasteiger partial charge in [-0.15, -0.1) is 0 Å². The predicted molar refractivity (Wildman–Crippen MR) is 118 cm³/mol. The van der Waals surface area contributed by atoms with E-state index >= 15 is 0 Å². The number of hydrogen-bond donors (Lipinski definition) is 1. The van der Waals surface area contributed by atoms with Gasteiger partial charge < -0.3 is 19.5 Å². The van der Waals surface area contributed by atoms with Crippen molar-refractivity contribution in [2.75, 3.05) is 43.7 Å². The molecule has 1 N–H and O–H groups in total. The Morgan fingerprint density at radius 3 is 2.84 bits per heavy atom. The molecule has 3 heterocycles. The molecule has 0 radical (unpaired) electrons. The summed E-state index contributed by atoms with van der Waals surface area (Å²) >= 11 is 0. The van der Waals surface area contributed by atoms with Gasteiger partial charge in [0.2, 0.25) is 11.9 Å². The second-order valence-electron chi connectivity index (χ2n) is 7.73. The van der Waals surface area contributed by atoms with Crippen molar-refractivity contribution < 1.29 is 23.8 Å². The third-order valence-electron chi connectivity index (χ3n) is 5.62. The van der Waals surface area contributed by atoms with Gasteiger partial charge in [0.15, 0.2) is 11.5 Å². The zero-order valence-electron chi connectivity index (χ0n) is 17.7. The number of aromatic nitrogens is 2. The van der Waals surface area contributed by atoms with Crippen LogP contribution in [-0.2, 0) is 14.3 Å². The Kier molecular flexibility index (Phi) is 5.40. The Morgan fingerprint density at radius 1 is 1.19 bits per heavy atom. The summed E-state index contributed by atoms with van der Waals surface area (Å²) in [6.45, 7) is 2.00. The number of para-hydroxylation sites is 2. The molecule has 2 aromatic carbocycles. The van der Waals surface area contributed by atoms with Crippen LogP contribution in [0, 0.1) is 0 Å². The molecule has 0 spiro atoms. The largest absolute Gasteiger partial charge is 0.486 e. The maximum Gasteiger partial charge on any atom is 0.253 e. The molecule has 2 aliphatic heterocycles. The Morgan fingerprint density at radius 2 is 2.00 bits per heavy atom. The number of anilines is 2. The minimum absolute atomic E-state index is 0.00140. The molecule has 2 aliphatic rings. The predicted octanol–water partition coefficient (Wildman–Crippen LogP) is 2.76. The first-order valence-electron chi connectivity index (χ1n) is 10.6. The van der Waals surface area contributed by atoms with Crippen molar-refractivity contribution in [3.8, 4) is 11.5 Å². The molecule has 1 unspecified atom stereocenters. The molecule has 9 heteroatoms. The van der Waals surface area contributed by atoms with E-state index < -0.39 is 6.04 Å². The van der Waals surface area contributed by atoms with Crippen LogP contribution in [0.3, 0.4) is 0 Å². The van der Waals surface area contributed by atoms with Crippen molar-refractivity contribution >= 4 is 34.5 Å². The molecule has 3 aromatic rings. The molecule has 0 saturated heterocycles. The lowest BCUT2D eigenvalue weighted by atomic mass is 10.1. The van der Waals surface area contributed by atoms with E-state index in [0.29, 0.717) is 55.9 Å². The van der Waals surface area contributed by atoms with Gasteiger partial charge in [-0.3, -0.25) is 19.1 Å². The molecule has 9 nitrogen and oxygen atoms in total. The highest BCUT2D eigenvalue weighted by atomic mass is 16.6. The summed E-state index contributed by atoms with van der Waals surface area (Å²) in [7, 11) is 1.63. The van der Waals surface area contributed by atoms with Crippen LogP contribution in [0.5, 0.6) is 11.5 Å². The van der Waals surface area contributed by atoms with Crippen LogP contribution in [0.4, 0.5) is 11.6 Å². The molecule has 1 aromatic heterocycles. The summed E-state index contributed by atoms with van der Waals surface area (Å²) in [5.74, 6) is 1.43. The fourth-order valence-corrected chi connectivity index (χ4v) is 4.18. The van der Waals surface area contributed by atoms with Crippen molar-refractivity contribution in [1.82, 2.24) is 9.55 Å². The summed E-state index contributed by atoms with van der Waals surface area (Å²) in [4.78, 5) is 32.5. The zero-order valence-corrected chi connectivity index (χ0v) is 17.7. The van der Waals surface area contributed by atoms with E-state index in [4.69, 9.17) is 14.2 Å². The molecular formula is C23H24N4O5.